The van der Waals surface area contributed by atoms with Crippen molar-refractivity contribution in [3.05, 3.63) is 60.0 Å². The molecule has 0 saturated heterocycles. The van der Waals surface area contributed by atoms with Crippen LogP contribution in [0.15, 0.2) is 60.0 Å². The van der Waals surface area contributed by atoms with Gasteiger partial charge in [-0.05, 0) is 23.8 Å². The fourth-order valence-corrected chi connectivity index (χ4v) is 3.64. The van der Waals surface area contributed by atoms with Crippen molar-refractivity contribution in [3.63, 3.8) is 0 Å². The highest BCUT2D eigenvalue weighted by molar-refractivity contribution is 7.14. The van der Waals surface area contributed by atoms with Gasteiger partial charge in [0.05, 0.1) is 19.3 Å². The predicted octanol–water partition coefficient (Wildman–Crippen LogP) is 3.89. The van der Waals surface area contributed by atoms with Gasteiger partial charge in [-0.15, -0.1) is 21.5 Å². The molecule has 2 heterocycles. The van der Waals surface area contributed by atoms with Crippen LogP contribution in [0.5, 0.6) is 5.75 Å². The second-order valence-corrected chi connectivity index (χ2v) is 7.32. The molecule has 1 amide bonds. The number of carbonyl (C=O) groups excluding carboxylic acids is 1. The largest absolute Gasteiger partial charge is 0.496 e. The lowest BCUT2D eigenvalue weighted by Gasteiger charge is -2.05. The molecule has 2 aromatic heterocycles. The Morgan fingerprint density at radius 1 is 1.13 bits per heavy atom. The van der Waals surface area contributed by atoms with Gasteiger partial charge in [-0.3, -0.25) is 4.79 Å². The molecule has 0 fully saturated rings. The molecule has 152 valence electrons. The number of para-hydroxylation sites is 1. The predicted molar refractivity (Wildman–Crippen MR) is 115 cm³/mol. The lowest BCUT2D eigenvalue weighted by atomic mass is 10.1. The van der Waals surface area contributed by atoms with Crippen LogP contribution in [0, 0.1) is 0 Å². The number of ether oxygens (including phenoxy) is 1. The molecule has 9 heteroatoms. The number of carbonyl (C=O) groups is 1. The Balaban J connectivity index is 1.29. The smallest absolute Gasteiger partial charge is 0.226 e. The molecule has 0 aliphatic carbocycles. The van der Waals surface area contributed by atoms with E-state index >= 15 is 0 Å². The molecule has 8 nitrogen and oxygen atoms in total. The number of aryl methyl sites for hydroxylation is 1. The van der Waals surface area contributed by atoms with Crippen molar-refractivity contribution in [2.24, 2.45) is 0 Å². The van der Waals surface area contributed by atoms with E-state index in [4.69, 9.17) is 4.74 Å². The maximum Gasteiger partial charge on any atom is 0.226 e. The minimum Gasteiger partial charge on any atom is -0.496 e. The van der Waals surface area contributed by atoms with Crippen LogP contribution in [0.3, 0.4) is 0 Å². The maximum atomic E-state index is 12.3. The van der Waals surface area contributed by atoms with Gasteiger partial charge < -0.3 is 10.1 Å². The Bertz CT molecular complexity index is 1130. The lowest BCUT2D eigenvalue weighted by molar-refractivity contribution is -0.116. The molecule has 0 radical (unpaired) electrons. The zero-order valence-electron chi connectivity index (χ0n) is 16.4. The number of amides is 1. The third-order valence-corrected chi connectivity index (χ3v) is 5.14. The van der Waals surface area contributed by atoms with E-state index < -0.39 is 0 Å². The SMILES string of the molecule is COc1ccccc1-c1csc(NC(=O)CCCn2nnc(-c3ccccc3)n2)n1. The first-order valence-electron chi connectivity index (χ1n) is 9.45. The molecule has 2 aromatic carbocycles. The van der Waals surface area contributed by atoms with Crippen LogP contribution in [0.1, 0.15) is 12.8 Å². The highest BCUT2D eigenvalue weighted by Gasteiger charge is 2.12. The summed E-state index contributed by atoms with van der Waals surface area (Å²) >= 11 is 1.38. The Morgan fingerprint density at radius 3 is 2.77 bits per heavy atom. The van der Waals surface area contributed by atoms with Crippen molar-refractivity contribution < 1.29 is 9.53 Å². The van der Waals surface area contributed by atoms with E-state index in [0.29, 0.717) is 30.3 Å². The van der Waals surface area contributed by atoms with E-state index in [-0.39, 0.29) is 5.91 Å². The monoisotopic (exact) mass is 420 g/mol. The number of hydrogen-bond donors (Lipinski definition) is 1. The molecule has 0 saturated carbocycles. The second kappa shape index (κ2) is 9.27. The van der Waals surface area contributed by atoms with Crippen LogP contribution < -0.4 is 10.1 Å². The van der Waals surface area contributed by atoms with Crippen molar-refractivity contribution >= 4 is 22.4 Å². The van der Waals surface area contributed by atoms with Gasteiger partial charge in [0.15, 0.2) is 5.13 Å². The average Bonchev–Trinajstić information content (AvgIpc) is 3.44. The fraction of sp³-hybridized carbons (Fsp3) is 0.190. The number of benzene rings is 2. The number of nitrogens with one attached hydrogen (secondary N) is 1. The number of nitrogens with zero attached hydrogens (tertiary/aromatic N) is 5. The van der Waals surface area contributed by atoms with Gasteiger partial charge in [0, 0.05) is 22.9 Å². The highest BCUT2D eigenvalue weighted by atomic mass is 32.1. The standard InChI is InChI=1S/C21H20N6O2S/c1-29-18-11-6-5-10-16(18)17-14-30-21(22-17)23-19(28)12-7-13-27-25-20(24-26-27)15-8-3-2-4-9-15/h2-6,8-11,14H,7,12-13H2,1H3,(H,22,23,28). The molecule has 0 bridgehead atoms. The van der Waals surface area contributed by atoms with Gasteiger partial charge in [-0.2, -0.15) is 4.80 Å². The minimum atomic E-state index is -0.0978. The number of anilines is 1. The quantitative estimate of drug-likeness (QED) is 0.465. The first-order valence-corrected chi connectivity index (χ1v) is 10.3. The molecule has 0 aliphatic rings. The molecule has 4 aromatic rings. The van der Waals surface area contributed by atoms with Crippen molar-refractivity contribution in [1.29, 1.82) is 0 Å². The van der Waals surface area contributed by atoms with Gasteiger partial charge >= 0.3 is 0 Å². The summed E-state index contributed by atoms with van der Waals surface area (Å²) in [6.07, 6.45) is 0.937. The topological polar surface area (TPSA) is 94.8 Å². The summed E-state index contributed by atoms with van der Waals surface area (Å²) in [5.41, 5.74) is 2.58. The van der Waals surface area contributed by atoms with E-state index in [1.165, 1.54) is 16.1 Å². The number of methoxy groups -OCH3 is 1. The maximum absolute atomic E-state index is 12.3. The molecule has 1 N–H and O–H groups in total. The highest BCUT2D eigenvalue weighted by Crippen LogP contribution is 2.31. The van der Waals surface area contributed by atoms with Gasteiger partial charge in [-0.1, -0.05) is 42.5 Å². The van der Waals surface area contributed by atoms with Crippen LogP contribution >= 0.6 is 11.3 Å². The van der Waals surface area contributed by atoms with E-state index in [1.807, 2.05) is 60.0 Å². The van der Waals surface area contributed by atoms with Gasteiger partial charge in [0.25, 0.3) is 0 Å². The van der Waals surface area contributed by atoms with Crippen LogP contribution in [0.2, 0.25) is 0 Å². The normalized spacial score (nSPS) is 10.7. The van der Waals surface area contributed by atoms with Crippen LogP contribution in [0.25, 0.3) is 22.6 Å². The van der Waals surface area contributed by atoms with Crippen molar-refractivity contribution in [3.8, 4) is 28.4 Å². The zero-order valence-corrected chi connectivity index (χ0v) is 17.2. The summed E-state index contributed by atoms with van der Waals surface area (Å²) in [6, 6.07) is 17.3. The summed E-state index contributed by atoms with van der Waals surface area (Å²) < 4.78 is 5.37. The molecule has 30 heavy (non-hydrogen) atoms. The third-order valence-electron chi connectivity index (χ3n) is 4.38. The van der Waals surface area contributed by atoms with Crippen LogP contribution in [-0.4, -0.2) is 38.2 Å². The van der Waals surface area contributed by atoms with E-state index in [0.717, 1.165) is 22.6 Å². The molecular weight excluding hydrogens is 400 g/mol. The number of rotatable bonds is 8. The first-order chi connectivity index (χ1) is 14.7. The van der Waals surface area contributed by atoms with Crippen LogP contribution in [0.4, 0.5) is 5.13 Å². The molecule has 0 atom stereocenters. The van der Waals surface area contributed by atoms with Gasteiger partial charge in [-0.25, -0.2) is 4.98 Å². The molecular formula is C21H20N6O2S. The molecule has 4 rings (SSSR count). The van der Waals surface area contributed by atoms with E-state index in [9.17, 15) is 4.79 Å². The van der Waals surface area contributed by atoms with E-state index in [2.05, 4.69) is 25.7 Å². The molecule has 0 unspecified atom stereocenters. The summed E-state index contributed by atoms with van der Waals surface area (Å²) in [5.74, 6) is 1.22. The summed E-state index contributed by atoms with van der Waals surface area (Å²) in [6.45, 7) is 0.511. The van der Waals surface area contributed by atoms with Crippen molar-refractivity contribution in [1.82, 2.24) is 25.2 Å². The zero-order chi connectivity index (χ0) is 20.8. The minimum absolute atomic E-state index is 0.0978. The average molecular weight is 420 g/mol. The first kappa shape index (κ1) is 19.7. The van der Waals surface area contributed by atoms with Gasteiger partial charge in [0.1, 0.15) is 5.75 Å². The Morgan fingerprint density at radius 2 is 1.93 bits per heavy atom. The summed E-state index contributed by atoms with van der Waals surface area (Å²) in [7, 11) is 1.63. The number of tetrazole rings is 1. The van der Waals surface area contributed by atoms with E-state index in [1.54, 1.807) is 7.11 Å². The Labute approximate surface area is 177 Å². The summed E-state index contributed by atoms with van der Waals surface area (Å²) in [5, 5.41) is 17.8. The van der Waals surface area contributed by atoms with Crippen LogP contribution in [-0.2, 0) is 11.3 Å². The Hall–Kier alpha value is -3.59. The number of hydrogen-bond acceptors (Lipinski definition) is 7. The summed E-state index contributed by atoms with van der Waals surface area (Å²) in [4.78, 5) is 18.3. The fourth-order valence-electron chi connectivity index (χ4n) is 2.91. The van der Waals surface area contributed by atoms with Crippen molar-refractivity contribution in [2.75, 3.05) is 12.4 Å². The molecule has 0 aliphatic heterocycles. The molecule has 0 spiro atoms. The Kier molecular flexibility index (Phi) is 6.09. The third kappa shape index (κ3) is 4.69. The van der Waals surface area contributed by atoms with Crippen molar-refractivity contribution in [2.45, 2.75) is 19.4 Å². The second-order valence-electron chi connectivity index (χ2n) is 6.46. The number of aromatic nitrogens is 5. The lowest BCUT2D eigenvalue weighted by Crippen LogP contribution is -2.13. The number of thiazole rings is 1. The van der Waals surface area contributed by atoms with Gasteiger partial charge in [0.2, 0.25) is 11.7 Å².